The van der Waals surface area contributed by atoms with Crippen molar-refractivity contribution < 1.29 is 56.8 Å². The lowest BCUT2D eigenvalue weighted by Gasteiger charge is -2.10. The van der Waals surface area contributed by atoms with Gasteiger partial charge < -0.3 is 56.8 Å². The molecule has 12 nitrogen and oxygen atoms in total. The smallest absolute Gasteiger partial charge is 0.0701 e. The molecule has 46 heavy (non-hydrogen) atoms. The fraction of sp³-hybridized carbons (Fsp3) is 1.00. The number of ether oxygens (including phenoxy) is 12. The Morgan fingerprint density at radius 2 is 0.565 bits per heavy atom. The molecule has 0 saturated carbocycles. The first-order valence-corrected chi connectivity index (χ1v) is 17.8. The summed E-state index contributed by atoms with van der Waals surface area (Å²) in [7, 11) is 0. The summed E-state index contributed by atoms with van der Waals surface area (Å²) in [5, 5.41) is 0. The highest BCUT2D eigenvalue weighted by Crippen LogP contribution is 2.01. The standard InChI is InChI=1S/C33H67ClO12/c1-3-33(2)32-46-31-30-45-29-28-44-27-26-43-25-24-42-23-22-41-21-20-40-19-18-39-17-16-38-15-14-37-13-12-36-11-10-35-9-7-5-4-6-8-34/h33H,3-32H2,1-2H3. The maximum Gasteiger partial charge on any atom is 0.0701 e. The minimum atomic E-state index is 0.517. The van der Waals surface area contributed by atoms with E-state index in [-0.39, 0.29) is 0 Å². The maximum absolute atomic E-state index is 5.65. The topological polar surface area (TPSA) is 111 Å². The van der Waals surface area contributed by atoms with Gasteiger partial charge in [-0.25, -0.2) is 0 Å². The third-order valence-corrected chi connectivity index (χ3v) is 6.63. The molecule has 0 spiro atoms. The van der Waals surface area contributed by atoms with Crippen LogP contribution in [0.15, 0.2) is 0 Å². The van der Waals surface area contributed by atoms with Crippen LogP contribution in [0.25, 0.3) is 0 Å². The molecule has 0 radical (unpaired) electrons. The van der Waals surface area contributed by atoms with Crippen molar-refractivity contribution >= 4 is 11.6 Å². The van der Waals surface area contributed by atoms with Crippen LogP contribution in [0.2, 0.25) is 0 Å². The molecule has 0 bridgehead atoms. The highest BCUT2D eigenvalue weighted by Gasteiger charge is 1.99. The SMILES string of the molecule is CCC(C)COCCOCCOCCOCCOCCOCCOCCOCCOCCOCCOCCOCCCCCCCl. The third kappa shape index (κ3) is 41.8. The minimum Gasteiger partial charge on any atom is -0.379 e. The largest absolute Gasteiger partial charge is 0.379 e. The fourth-order valence-corrected chi connectivity index (χ4v) is 3.66. The molecule has 0 saturated heterocycles. The van der Waals surface area contributed by atoms with Gasteiger partial charge in [-0.3, -0.25) is 0 Å². The van der Waals surface area contributed by atoms with E-state index < -0.39 is 0 Å². The number of hydrogen-bond acceptors (Lipinski definition) is 12. The molecule has 0 aliphatic carbocycles. The minimum absolute atomic E-state index is 0.517. The van der Waals surface area contributed by atoms with Crippen LogP contribution in [-0.2, 0) is 56.8 Å². The van der Waals surface area contributed by atoms with Gasteiger partial charge in [-0.15, -0.1) is 11.6 Å². The molecule has 1 unspecified atom stereocenters. The van der Waals surface area contributed by atoms with Crippen LogP contribution in [0, 0.1) is 5.92 Å². The van der Waals surface area contributed by atoms with Gasteiger partial charge in [0.2, 0.25) is 0 Å². The van der Waals surface area contributed by atoms with E-state index in [0.29, 0.717) is 151 Å². The first kappa shape index (κ1) is 45.8. The molecule has 1 atom stereocenters. The molecule has 0 aliphatic rings. The molecule has 0 aromatic rings. The van der Waals surface area contributed by atoms with Crippen molar-refractivity contribution in [3.05, 3.63) is 0 Å². The van der Waals surface area contributed by atoms with Crippen LogP contribution in [0.3, 0.4) is 0 Å². The summed E-state index contributed by atoms with van der Waals surface area (Å²) >= 11 is 5.65. The Kier molecular flexibility index (Phi) is 42.7. The fourth-order valence-electron chi connectivity index (χ4n) is 3.47. The van der Waals surface area contributed by atoms with E-state index in [1.807, 2.05) is 0 Å². The first-order chi connectivity index (χ1) is 22.8. The van der Waals surface area contributed by atoms with Gasteiger partial charge in [-0.2, -0.15) is 0 Å². The Hall–Kier alpha value is -0.190. The summed E-state index contributed by atoms with van der Waals surface area (Å²) in [4.78, 5) is 0. The molecular formula is C33H67ClO12. The normalized spacial score (nSPS) is 12.3. The first-order valence-electron chi connectivity index (χ1n) is 17.3. The van der Waals surface area contributed by atoms with Gasteiger partial charge in [0.15, 0.2) is 0 Å². The van der Waals surface area contributed by atoms with Gasteiger partial charge in [0, 0.05) is 19.1 Å². The van der Waals surface area contributed by atoms with Gasteiger partial charge >= 0.3 is 0 Å². The van der Waals surface area contributed by atoms with E-state index in [9.17, 15) is 0 Å². The van der Waals surface area contributed by atoms with Crippen molar-refractivity contribution in [2.24, 2.45) is 5.92 Å². The van der Waals surface area contributed by atoms with Crippen molar-refractivity contribution in [1.29, 1.82) is 0 Å². The molecule has 0 amide bonds. The summed E-state index contributed by atoms with van der Waals surface area (Å²) in [5.41, 5.74) is 0. The Morgan fingerprint density at radius 1 is 0.326 bits per heavy atom. The average molecular weight is 691 g/mol. The molecule has 0 rings (SSSR count). The van der Waals surface area contributed by atoms with Gasteiger partial charge in [-0.05, 0) is 18.8 Å². The van der Waals surface area contributed by atoms with Crippen molar-refractivity contribution in [2.45, 2.75) is 46.0 Å². The Morgan fingerprint density at radius 3 is 0.826 bits per heavy atom. The Bertz CT molecular complexity index is 539. The molecule has 0 N–H and O–H groups in total. The van der Waals surface area contributed by atoms with E-state index in [1.54, 1.807) is 0 Å². The highest BCUT2D eigenvalue weighted by atomic mass is 35.5. The second-order valence-electron chi connectivity index (χ2n) is 10.4. The second kappa shape index (κ2) is 42.8. The Labute approximate surface area is 284 Å². The predicted octanol–water partition coefficient (Wildman–Crippen LogP) is 4.03. The molecule has 0 heterocycles. The van der Waals surface area contributed by atoms with Crippen LogP contribution in [0.4, 0.5) is 0 Å². The van der Waals surface area contributed by atoms with E-state index in [1.165, 1.54) is 12.8 Å². The predicted molar refractivity (Wildman–Crippen MR) is 178 cm³/mol. The van der Waals surface area contributed by atoms with Gasteiger partial charge in [0.1, 0.15) is 0 Å². The number of hydrogen-bond donors (Lipinski definition) is 0. The molecule has 0 aromatic carbocycles. The van der Waals surface area contributed by atoms with Gasteiger partial charge in [0.25, 0.3) is 0 Å². The Balaban J connectivity index is 3.04. The lowest BCUT2D eigenvalue weighted by molar-refractivity contribution is -0.0286. The third-order valence-electron chi connectivity index (χ3n) is 6.36. The molecule has 0 fully saturated rings. The lowest BCUT2D eigenvalue weighted by Crippen LogP contribution is -2.15. The number of alkyl halides is 1. The van der Waals surface area contributed by atoms with E-state index in [4.69, 9.17) is 68.4 Å². The van der Waals surface area contributed by atoms with Gasteiger partial charge in [-0.1, -0.05) is 33.1 Å². The molecule has 0 aromatic heterocycles. The maximum atomic E-state index is 5.65. The average Bonchev–Trinajstić information content (AvgIpc) is 3.07. The van der Waals surface area contributed by atoms with Crippen molar-refractivity contribution in [1.82, 2.24) is 0 Å². The molecular weight excluding hydrogens is 624 g/mol. The number of unbranched alkanes of at least 4 members (excludes halogenated alkanes) is 3. The summed E-state index contributed by atoms with van der Waals surface area (Å²) in [5.74, 6) is 1.34. The lowest BCUT2D eigenvalue weighted by atomic mass is 10.1. The summed E-state index contributed by atoms with van der Waals surface area (Å²) < 4.78 is 65.9. The zero-order chi connectivity index (χ0) is 33.3. The summed E-state index contributed by atoms with van der Waals surface area (Å²) in [6, 6.07) is 0. The van der Waals surface area contributed by atoms with Crippen LogP contribution < -0.4 is 0 Å². The molecule has 278 valence electrons. The van der Waals surface area contributed by atoms with Crippen molar-refractivity contribution in [3.8, 4) is 0 Å². The zero-order valence-corrected chi connectivity index (χ0v) is 29.8. The summed E-state index contributed by atoms with van der Waals surface area (Å²) in [6.45, 7) is 17.9. The second-order valence-corrected chi connectivity index (χ2v) is 10.8. The molecule has 0 aliphatic heterocycles. The summed E-state index contributed by atoms with van der Waals surface area (Å²) in [6.07, 6.45) is 5.64. The van der Waals surface area contributed by atoms with E-state index in [2.05, 4.69) is 13.8 Å². The zero-order valence-electron chi connectivity index (χ0n) is 29.1. The van der Waals surface area contributed by atoms with Gasteiger partial charge in [0.05, 0.1) is 145 Å². The number of halogens is 1. The van der Waals surface area contributed by atoms with Crippen LogP contribution in [0.1, 0.15) is 46.0 Å². The molecule has 13 heteroatoms. The van der Waals surface area contributed by atoms with E-state index in [0.717, 1.165) is 38.4 Å². The highest BCUT2D eigenvalue weighted by molar-refractivity contribution is 6.17. The van der Waals surface area contributed by atoms with Crippen molar-refractivity contribution in [2.75, 3.05) is 164 Å². The van der Waals surface area contributed by atoms with E-state index >= 15 is 0 Å². The monoisotopic (exact) mass is 690 g/mol. The quantitative estimate of drug-likeness (QED) is 0.0681. The van der Waals surface area contributed by atoms with Crippen LogP contribution in [0.5, 0.6) is 0 Å². The number of rotatable bonds is 42. The van der Waals surface area contributed by atoms with Crippen molar-refractivity contribution in [3.63, 3.8) is 0 Å². The van der Waals surface area contributed by atoms with Crippen LogP contribution >= 0.6 is 11.6 Å². The van der Waals surface area contributed by atoms with Crippen LogP contribution in [-0.4, -0.2) is 164 Å².